The summed E-state index contributed by atoms with van der Waals surface area (Å²) in [6.45, 7) is 8.98. The molecule has 2 rings (SSSR count). The summed E-state index contributed by atoms with van der Waals surface area (Å²) in [5.41, 5.74) is 6.74. The molecular formula is C14H24N4O. The predicted molar refractivity (Wildman–Crippen MR) is 77.1 cm³/mol. The van der Waals surface area contributed by atoms with Crippen LogP contribution in [0.25, 0.3) is 0 Å². The summed E-state index contributed by atoms with van der Waals surface area (Å²) in [5.74, 6) is 2.64. The van der Waals surface area contributed by atoms with Crippen LogP contribution in [0.3, 0.4) is 0 Å². The first kappa shape index (κ1) is 14.1. The Kier molecular flexibility index (Phi) is 3.67. The molecule has 0 bridgehead atoms. The number of nitrogens with two attached hydrogens (primary N) is 1. The molecule has 1 aromatic heterocycles. The lowest BCUT2D eigenvalue weighted by Crippen LogP contribution is -2.33. The van der Waals surface area contributed by atoms with Crippen molar-refractivity contribution in [2.45, 2.75) is 52.1 Å². The molecule has 0 unspecified atom stereocenters. The van der Waals surface area contributed by atoms with Gasteiger partial charge in [-0.3, -0.25) is 0 Å². The summed E-state index contributed by atoms with van der Waals surface area (Å²) < 4.78 is 0. The topological polar surface area (TPSA) is 84.1 Å². The highest BCUT2D eigenvalue weighted by Gasteiger charge is 2.27. The number of nitrogen functional groups attached to an aromatic ring is 1. The highest BCUT2D eigenvalue weighted by Crippen LogP contribution is 2.29. The Morgan fingerprint density at radius 1 is 1.32 bits per heavy atom. The van der Waals surface area contributed by atoms with Crippen LogP contribution in [0.5, 0.6) is 0 Å². The van der Waals surface area contributed by atoms with E-state index in [0.29, 0.717) is 11.7 Å². The average molecular weight is 264 g/mol. The molecule has 19 heavy (non-hydrogen) atoms. The Bertz CT molecular complexity index is 461. The molecule has 106 valence electrons. The molecule has 0 aromatic carbocycles. The maximum Gasteiger partial charge on any atom is 0.138 e. The van der Waals surface area contributed by atoms with E-state index in [9.17, 15) is 5.11 Å². The summed E-state index contributed by atoms with van der Waals surface area (Å²) in [6, 6.07) is 0. The van der Waals surface area contributed by atoms with Gasteiger partial charge in [0, 0.05) is 17.5 Å². The van der Waals surface area contributed by atoms with E-state index in [-0.39, 0.29) is 11.5 Å². The van der Waals surface area contributed by atoms with Crippen molar-refractivity contribution in [3.63, 3.8) is 0 Å². The largest absolute Gasteiger partial charge is 0.393 e. The fourth-order valence-corrected chi connectivity index (χ4v) is 2.15. The number of nitrogens with one attached hydrogen (secondary N) is 1. The van der Waals surface area contributed by atoms with E-state index < -0.39 is 0 Å². The van der Waals surface area contributed by atoms with Crippen LogP contribution in [-0.2, 0) is 5.41 Å². The van der Waals surface area contributed by atoms with Crippen LogP contribution in [0.2, 0.25) is 0 Å². The van der Waals surface area contributed by atoms with Crippen molar-refractivity contribution in [2.75, 3.05) is 17.6 Å². The molecular weight excluding hydrogens is 240 g/mol. The molecule has 1 aromatic rings. The number of hydrogen-bond acceptors (Lipinski definition) is 5. The van der Waals surface area contributed by atoms with Crippen molar-refractivity contribution in [3.05, 3.63) is 11.4 Å². The number of aliphatic hydroxyl groups is 1. The molecule has 0 amide bonds. The zero-order valence-corrected chi connectivity index (χ0v) is 12.2. The standard InChI is InChI=1S/C14H24N4O/c1-8-11(15)17-13(14(2,3)4)18-12(8)16-7-9-5-10(19)6-9/h9-10,19H,5-7H2,1-4H3,(H3,15,16,17,18). The van der Waals surface area contributed by atoms with Crippen molar-refractivity contribution >= 4 is 11.6 Å². The first-order valence-electron chi connectivity index (χ1n) is 6.84. The van der Waals surface area contributed by atoms with E-state index in [1.807, 2.05) is 6.92 Å². The van der Waals surface area contributed by atoms with Gasteiger partial charge in [0.1, 0.15) is 17.5 Å². The molecule has 0 radical (unpaired) electrons. The SMILES string of the molecule is Cc1c(N)nc(C(C)(C)C)nc1NCC1CC(O)C1. The van der Waals surface area contributed by atoms with Crippen LogP contribution < -0.4 is 11.1 Å². The third-order valence-corrected chi connectivity index (χ3v) is 3.62. The third kappa shape index (κ3) is 3.15. The van der Waals surface area contributed by atoms with Crippen molar-refractivity contribution in [2.24, 2.45) is 5.92 Å². The highest BCUT2D eigenvalue weighted by atomic mass is 16.3. The average Bonchev–Trinajstić information content (AvgIpc) is 2.26. The quantitative estimate of drug-likeness (QED) is 0.776. The van der Waals surface area contributed by atoms with Crippen LogP contribution in [0.4, 0.5) is 11.6 Å². The van der Waals surface area contributed by atoms with Gasteiger partial charge in [0.15, 0.2) is 0 Å². The molecule has 1 saturated carbocycles. The van der Waals surface area contributed by atoms with Gasteiger partial charge in [-0.15, -0.1) is 0 Å². The molecule has 1 aliphatic carbocycles. The van der Waals surface area contributed by atoms with Gasteiger partial charge in [-0.25, -0.2) is 9.97 Å². The van der Waals surface area contributed by atoms with E-state index >= 15 is 0 Å². The van der Waals surface area contributed by atoms with E-state index in [1.54, 1.807) is 0 Å². The second-order valence-electron chi connectivity index (χ2n) is 6.53. The number of aliphatic hydroxyl groups excluding tert-OH is 1. The molecule has 1 aliphatic rings. The summed E-state index contributed by atoms with van der Waals surface area (Å²) in [5, 5.41) is 12.6. The maximum atomic E-state index is 9.29. The van der Waals surface area contributed by atoms with Gasteiger partial charge in [0.2, 0.25) is 0 Å². The van der Waals surface area contributed by atoms with Gasteiger partial charge >= 0.3 is 0 Å². The summed E-state index contributed by atoms with van der Waals surface area (Å²) in [7, 11) is 0. The number of nitrogens with zero attached hydrogens (tertiary/aromatic N) is 2. The minimum atomic E-state index is -0.120. The van der Waals surface area contributed by atoms with E-state index in [0.717, 1.165) is 36.6 Å². The number of anilines is 2. The van der Waals surface area contributed by atoms with Crippen LogP contribution in [0.15, 0.2) is 0 Å². The summed E-state index contributed by atoms with van der Waals surface area (Å²) >= 11 is 0. The molecule has 5 nitrogen and oxygen atoms in total. The summed E-state index contributed by atoms with van der Waals surface area (Å²) in [4.78, 5) is 8.95. The number of aromatic nitrogens is 2. The highest BCUT2D eigenvalue weighted by molar-refractivity contribution is 5.55. The van der Waals surface area contributed by atoms with Gasteiger partial charge < -0.3 is 16.2 Å². The zero-order chi connectivity index (χ0) is 14.2. The molecule has 4 N–H and O–H groups in total. The maximum absolute atomic E-state index is 9.29. The van der Waals surface area contributed by atoms with Gasteiger partial charge in [0.05, 0.1) is 6.10 Å². The normalized spacial score (nSPS) is 23.0. The van der Waals surface area contributed by atoms with Gasteiger partial charge in [-0.2, -0.15) is 0 Å². The third-order valence-electron chi connectivity index (χ3n) is 3.62. The molecule has 0 saturated heterocycles. The lowest BCUT2D eigenvalue weighted by atomic mass is 9.82. The van der Waals surface area contributed by atoms with Crippen LogP contribution in [0.1, 0.15) is 45.0 Å². The first-order chi connectivity index (χ1) is 8.77. The van der Waals surface area contributed by atoms with Crippen molar-refractivity contribution in [3.8, 4) is 0 Å². The number of rotatable bonds is 3. The Morgan fingerprint density at radius 3 is 2.47 bits per heavy atom. The summed E-state index contributed by atoms with van der Waals surface area (Å²) in [6.07, 6.45) is 1.63. The Labute approximate surface area is 114 Å². The fourth-order valence-electron chi connectivity index (χ4n) is 2.15. The monoisotopic (exact) mass is 264 g/mol. The number of hydrogen-bond donors (Lipinski definition) is 3. The van der Waals surface area contributed by atoms with Crippen molar-refractivity contribution in [1.29, 1.82) is 0 Å². The molecule has 0 aliphatic heterocycles. The van der Waals surface area contributed by atoms with Crippen LogP contribution >= 0.6 is 0 Å². The molecule has 0 atom stereocenters. The van der Waals surface area contributed by atoms with Crippen LogP contribution in [-0.4, -0.2) is 27.7 Å². The second kappa shape index (κ2) is 4.96. The minimum absolute atomic E-state index is 0.117. The Balaban J connectivity index is 2.12. The first-order valence-corrected chi connectivity index (χ1v) is 6.84. The smallest absolute Gasteiger partial charge is 0.138 e. The second-order valence-corrected chi connectivity index (χ2v) is 6.53. The lowest BCUT2D eigenvalue weighted by molar-refractivity contribution is 0.0486. The fraction of sp³-hybridized carbons (Fsp3) is 0.714. The van der Waals surface area contributed by atoms with Crippen molar-refractivity contribution < 1.29 is 5.11 Å². The molecule has 5 heteroatoms. The van der Waals surface area contributed by atoms with E-state index in [4.69, 9.17) is 5.73 Å². The van der Waals surface area contributed by atoms with E-state index in [2.05, 4.69) is 36.1 Å². The lowest BCUT2D eigenvalue weighted by Gasteiger charge is -2.31. The molecule has 1 heterocycles. The molecule has 1 fully saturated rings. The van der Waals surface area contributed by atoms with Crippen molar-refractivity contribution in [1.82, 2.24) is 9.97 Å². The predicted octanol–water partition coefficient (Wildman–Crippen LogP) is 1.85. The minimum Gasteiger partial charge on any atom is -0.393 e. The zero-order valence-electron chi connectivity index (χ0n) is 12.2. The Morgan fingerprint density at radius 2 is 1.95 bits per heavy atom. The van der Waals surface area contributed by atoms with Gasteiger partial charge in [0.25, 0.3) is 0 Å². The molecule has 0 spiro atoms. The van der Waals surface area contributed by atoms with Gasteiger partial charge in [-0.05, 0) is 25.7 Å². The van der Waals surface area contributed by atoms with Gasteiger partial charge in [-0.1, -0.05) is 20.8 Å². The van der Waals surface area contributed by atoms with E-state index in [1.165, 1.54) is 0 Å². The van der Waals surface area contributed by atoms with Crippen LogP contribution in [0, 0.1) is 12.8 Å². The Hall–Kier alpha value is -1.36.